The minimum atomic E-state index is -0.933. The molecule has 1 heterocycles. The smallest absolute Gasteiger partial charge is 0.262 e. The standard InChI is InChI=1S/C24H20N2O3/c1-16(26-23(28)19-14-8-9-15-20(19)24(26)29)22(27)25-21(17-10-4-2-5-11-17)18-12-6-3-7-13-18/h2-16,21H,1H3,(H,25,27)/t16-/m0/s1. The number of amides is 3. The Hall–Kier alpha value is -3.73. The fourth-order valence-electron chi connectivity index (χ4n) is 3.59. The van der Waals surface area contributed by atoms with Crippen molar-refractivity contribution in [3.8, 4) is 0 Å². The highest BCUT2D eigenvalue weighted by atomic mass is 16.2. The van der Waals surface area contributed by atoms with Gasteiger partial charge in [-0.1, -0.05) is 72.8 Å². The van der Waals surface area contributed by atoms with Gasteiger partial charge in [-0.2, -0.15) is 0 Å². The molecule has 3 aromatic rings. The lowest BCUT2D eigenvalue weighted by Gasteiger charge is -2.26. The molecule has 1 atom stereocenters. The van der Waals surface area contributed by atoms with E-state index >= 15 is 0 Å². The number of fused-ring (bicyclic) bond motifs is 1. The van der Waals surface area contributed by atoms with Gasteiger partial charge in [-0.25, -0.2) is 0 Å². The summed E-state index contributed by atoms with van der Waals surface area (Å²) in [5.41, 5.74) is 2.50. The highest BCUT2D eigenvalue weighted by molar-refractivity contribution is 6.22. The molecule has 0 saturated heterocycles. The van der Waals surface area contributed by atoms with Crippen LogP contribution in [0.5, 0.6) is 0 Å². The van der Waals surface area contributed by atoms with Crippen LogP contribution in [0, 0.1) is 0 Å². The Morgan fingerprint density at radius 3 is 1.59 bits per heavy atom. The Bertz CT molecular complexity index is 989. The zero-order valence-corrected chi connectivity index (χ0v) is 15.9. The number of hydrogen-bond acceptors (Lipinski definition) is 3. The lowest BCUT2D eigenvalue weighted by molar-refractivity contribution is -0.125. The second kappa shape index (κ2) is 7.72. The number of benzene rings is 3. The van der Waals surface area contributed by atoms with Crippen molar-refractivity contribution in [1.82, 2.24) is 10.2 Å². The first-order valence-electron chi connectivity index (χ1n) is 9.45. The van der Waals surface area contributed by atoms with Crippen LogP contribution in [-0.4, -0.2) is 28.7 Å². The molecule has 4 rings (SSSR count). The molecule has 0 unspecified atom stereocenters. The molecule has 3 amide bonds. The molecule has 144 valence electrons. The largest absolute Gasteiger partial charge is 0.343 e. The average Bonchev–Trinajstić information content (AvgIpc) is 3.03. The predicted molar refractivity (Wildman–Crippen MR) is 109 cm³/mol. The van der Waals surface area contributed by atoms with Gasteiger partial charge in [0.05, 0.1) is 17.2 Å². The van der Waals surface area contributed by atoms with Crippen molar-refractivity contribution in [2.24, 2.45) is 0 Å². The van der Waals surface area contributed by atoms with E-state index in [9.17, 15) is 14.4 Å². The number of rotatable bonds is 5. The molecule has 3 aromatic carbocycles. The number of nitrogens with one attached hydrogen (secondary N) is 1. The van der Waals surface area contributed by atoms with Crippen LogP contribution in [0.2, 0.25) is 0 Å². The van der Waals surface area contributed by atoms with E-state index in [0.717, 1.165) is 16.0 Å². The lowest BCUT2D eigenvalue weighted by atomic mass is 9.98. The van der Waals surface area contributed by atoms with E-state index in [0.29, 0.717) is 11.1 Å². The van der Waals surface area contributed by atoms with Crippen LogP contribution < -0.4 is 5.32 Å². The number of hydrogen-bond donors (Lipinski definition) is 1. The van der Waals surface area contributed by atoms with E-state index in [2.05, 4.69) is 5.32 Å². The molecule has 0 bridgehead atoms. The van der Waals surface area contributed by atoms with E-state index in [1.54, 1.807) is 31.2 Å². The van der Waals surface area contributed by atoms with Gasteiger partial charge in [0.2, 0.25) is 5.91 Å². The van der Waals surface area contributed by atoms with Crippen LogP contribution in [0.25, 0.3) is 0 Å². The van der Waals surface area contributed by atoms with Crippen LogP contribution >= 0.6 is 0 Å². The average molecular weight is 384 g/mol. The van der Waals surface area contributed by atoms with E-state index < -0.39 is 23.8 Å². The summed E-state index contributed by atoms with van der Waals surface area (Å²) in [5, 5.41) is 3.01. The highest BCUT2D eigenvalue weighted by Gasteiger charge is 2.41. The van der Waals surface area contributed by atoms with Gasteiger partial charge in [0.1, 0.15) is 6.04 Å². The van der Waals surface area contributed by atoms with Crippen molar-refractivity contribution in [3.63, 3.8) is 0 Å². The summed E-state index contributed by atoms with van der Waals surface area (Å²) in [6.07, 6.45) is 0. The van der Waals surface area contributed by atoms with Crippen molar-refractivity contribution >= 4 is 17.7 Å². The Kier molecular flexibility index (Phi) is 4.96. The first-order valence-corrected chi connectivity index (χ1v) is 9.45. The molecule has 0 radical (unpaired) electrons. The summed E-state index contributed by atoms with van der Waals surface area (Å²) >= 11 is 0. The summed E-state index contributed by atoms with van der Waals surface area (Å²) in [5.74, 6) is -1.27. The van der Waals surface area contributed by atoms with Gasteiger partial charge in [-0.3, -0.25) is 19.3 Å². The zero-order valence-electron chi connectivity index (χ0n) is 15.9. The second-order valence-electron chi connectivity index (χ2n) is 6.96. The first kappa shape index (κ1) is 18.6. The van der Waals surface area contributed by atoms with Crippen molar-refractivity contribution in [2.75, 3.05) is 0 Å². The van der Waals surface area contributed by atoms with E-state index in [-0.39, 0.29) is 6.04 Å². The van der Waals surface area contributed by atoms with Crippen molar-refractivity contribution in [3.05, 3.63) is 107 Å². The van der Waals surface area contributed by atoms with Gasteiger partial charge in [-0.15, -0.1) is 0 Å². The zero-order chi connectivity index (χ0) is 20.4. The van der Waals surface area contributed by atoms with Crippen LogP contribution in [-0.2, 0) is 4.79 Å². The molecule has 1 aliphatic heterocycles. The summed E-state index contributed by atoms with van der Waals surface area (Å²) < 4.78 is 0. The monoisotopic (exact) mass is 384 g/mol. The molecule has 1 aliphatic rings. The summed E-state index contributed by atoms with van der Waals surface area (Å²) in [4.78, 5) is 39.5. The first-order chi connectivity index (χ1) is 14.1. The molecular formula is C24H20N2O3. The maximum absolute atomic E-state index is 13.1. The van der Waals surface area contributed by atoms with Gasteiger partial charge in [0, 0.05) is 0 Å². The molecule has 0 aromatic heterocycles. The lowest BCUT2D eigenvalue weighted by Crippen LogP contribution is -2.48. The van der Waals surface area contributed by atoms with E-state index in [4.69, 9.17) is 0 Å². The van der Waals surface area contributed by atoms with E-state index in [1.807, 2.05) is 60.7 Å². The third-order valence-corrected chi connectivity index (χ3v) is 5.14. The predicted octanol–water partition coefficient (Wildman–Crippen LogP) is 3.58. The van der Waals surface area contributed by atoms with Crippen LogP contribution in [0.3, 0.4) is 0 Å². The molecule has 1 N–H and O–H groups in total. The Morgan fingerprint density at radius 2 is 1.14 bits per heavy atom. The minimum absolute atomic E-state index is 0.333. The van der Waals surface area contributed by atoms with Gasteiger partial charge in [-0.05, 0) is 30.2 Å². The quantitative estimate of drug-likeness (QED) is 0.684. The number of carbonyl (C=O) groups excluding carboxylic acids is 3. The van der Waals surface area contributed by atoms with Gasteiger partial charge in [0.25, 0.3) is 11.8 Å². The minimum Gasteiger partial charge on any atom is -0.343 e. The molecule has 0 spiro atoms. The maximum Gasteiger partial charge on any atom is 0.262 e. The molecule has 0 fully saturated rings. The Labute approximate surface area is 169 Å². The van der Waals surface area contributed by atoms with Crippen molar-refractivity contribution < 1.29 is 14.4 Å². The number of imide groups is 1. The van der Waals surface area contributed by atoms with Gasteiger partial charge in [0.15, 0.2) is 0 Å². The molecule has 0 aliphatic carbocycles. The van der Waals surface area contributed by atoms with E-state index in [1.165, 1.54) is 0 Å². The van der Waals surface area contributed by atoms with Gasteiger partial charge >= 0.3 is 0 Å². The Morgan fingerprint density at radius 1 is 0.724 bits per heavy atom. The molecule has 29 heavy (non-hydrogen) atoms. The normalized spacial score (nSPS) is 14.1. The molecular weight excluding hydrogens is 364 g/mol. The topological polar surface area (TPSA) is 66.5 Å². The van der Waals surface area contributed by atoms with Crippen molar-refractivity contribution in [1.29, 1.82) is 0 Å². The number of carbonyl (C=O) groups is 3. The van der Waals surface area contributed by atoms with Crippen LogP contribution in [0.4, 0.5) is 0 Å². The molecule has 0 saturated carbocycles. The molecule has 5 nitrogen and oxygen atoms in total. The van der Waals surface area contributed by atoms with Crippen LogP contribution in [0.15, 0.2) is 84.9 Å². The molecule has 5 heteroatoms. The maximum atomic E-state index is 13.1. The number of nitrogens with zero attached hydrogens (tertiary/aromatic N) is 1. The van der Waals surface area contributed by atoms with Crippen molar-refractivity contribution in [2.45, 2.75) is 19.0 Å². The fourth-order valence-corrected chi connectivity index (χ4v) is 3.59. The summed E-state index contributed by atoms with van der Waals surface area (Å²) in [6, 6.07) is 24.5. The SMILES string of the molecule is C[C@@H](C(=O)NC(c1ccccc1)c1ccccc1)N1C(=O)c2ccccc2C1=O. The fraction of sp³-hybridized carbons (Fsp3) is 0.125. The third-order valence-electron chi connectivity index (χ3n) is 5.14. The Balaban J connectivity index is 1.60. The summed E-state index contributed by atoms with van der Waals surface area (Å²) in [6.45, 7) is 1.57. The third kappa shape index (κ3) is 3.43. The second-order valence-corrected chi connectivity index (χ2v) is 6.96. The highest BCUT2D eigenvalue weighted by Crippen LogP contribution is 2.26. The van der Waals surface area contributed by atoms with Crippen LogP contribution in [0.1, 0.15) is 44.8 Å². The van der Waals surface area contributed by atoms with Gasteiger partial charge < -0.3 is 5.32 Å². The summed E-state index contributed by atoms with van der Waals surface area (Å²) in [7, 11) is 0.